The number of anilines is 1. The van der Waals surface area contributed by atoms with Crippen molar-refractivity contribution in [1.82, 2.24) is 20.4 Å². The van der Waals surface area contributed by atoms with E-state index in [9.17, 15) is 9.59 Å². The molecule has 0 radical (unpaired) electrons. The topological polar surface area (TPSA) is 104 Å². The Hall–Kier alpha value is -2.05. The number of nitrogens with zero attached hydrogens (tertiary/aromatic N) is 2. The molecule has 18 heavy (non-hydrogen) atoms. The van der Waals surface area contributed by atoms with Crippen molar-refractivity contribution in [3.63, 3.8) is 0 Å². The Bertz CT molecular complexity index is 425. The maximum Gasteiger partial charge on any atom is 0.272 e. The Morgan fingerprint density at radius 1 is 1.50 bits per heavy atom. The van der Waals surface area contributed by atoms with Crippen LogP contribution in [0.1, 0.15) is 31.3 Å². The number of nitrogens with two attached hydrogens (primary N) is 1. The first kappa shape index (κ1) is 14.0. The van der Waals surface area contributed by atoms with Gasteiger partial charge in [0.15, 0.2) is 0 Å². The molecule has 0 aliphatic rings. The Balaban J connectivity index is 2.65. The smallest absolute Gasteiger partial charge is 0.272 e. The van der Waals surface area contributed by atoms with Gasteiger partial charge in [0, 0.05) is 13.1 Å². The summed E-state index contributed by atoms with van der Waals surface area (Å²) in [7, 11) is 0. The molecule has 7 nitrogen and oxygen atoms in total. The first-order chi connectivity index (χ1) is 8.51. The van der Waals surface area contributed by atoms with Crippen LogP contribution in [0.3, 0.4) is 0 Å². The van der Waals surface area contributed by atoms with E-state index in [2.05, 4.69) is 15.5 Å². The number of hydrogen-bond donors (Lipinski definition) is 3. The number of carbonyl (C=O) groups is 2. The van der Waals surface area contributed by atoms with Crippen LogP contribution < -0.4 is 11.1 Å². The summed E-state index contributed by atoms with van der Waals surface area (Å²) in [6, 6.07) is -0.597. The van der Waals surface area contributed by atoms with Crippen LogP contribution in [0.2, 0.25) is 0 Å². The number of nitrogens with one attached hydrogen (secondary N) is 2. The number of aromatic amines is 1. The van der Waals surface area contributed by atoms with Gasteiger partial charge in [0.1, 0.15) is 11.7 Å². The molecule has 1 heterocycles. The molecule has 1 rings (SSSR count). The number of hydrogen-bond acceptors (Lipinski definition) is 4. The summed E-state index contributed by atoms with van der Waals surface area (Å²) in [4.78, 5) is 25.4. The normalized spacial score (nSPS) is 11.9. The number of nitrogen functional groups attached to an aromatic ring is 1. The van der Waals surface area contributed by atoms with E-state index in [-0.39, 0.29) is 17.3 Å². The van der Waals surface area contributed by atoms with Crippen molar-refractivity contribution in [3.05, 3.63) is 11.9 Å². The van der Waals surface area contributed by atoms with Gasteiger partial charge in [0.25, 0.3) is 5.91 Å². The third kappa shape index (κ3) is 2.99. The van der Waals surface area contributed by atoms with Gasteiger partial charge in [-0.15, -0.1) is 0 Å². The molecule has 1 atom stereocenters. The number of carbonyl (C=O) groups excluding carboxylic acids is 2. The van der Waals surface area contributed by atoms with Gasteiger partial charge in [-0.05, 0) is 20.8 Å². The predicted octanol–water partition coefficient (Wildman–Crippen LogP) is -0.0214. The second-order valence-corrected chi connectivity index (χ2v) is 3.91. The summed E-state index contributed by atoms with van der Waals surface area (Å²) >= 11 is 0. The molecule has 0 aromatic carbocycles. The van der Waals surface area contributed by atoms with Crippen molar-refractivity contribution in [1.29, 1.82) is 0 Å². The molecule has 0 aliphatic heterocycles. The summed E-state index contributed by atoms with van der Waals surface area (Å²) in [5.74, 6) is -0.551. The molecule has 0 spiro atoms. The average Bonchev–Trinajstić information content (AvgIpc) is 2.76. The van der Waals surface area contributed by atoms with E-state index in [1.165, 1.54) is 6.20 Å². The van der Waals surface area contributed by atoms with Crippen LogP contribution >= 0.6 is 0 Å². The van der Waals surface area contributed by atoms with Crippen molar-refractivity contribution in [2.24, 2.45) is 0 Å². The monoisotopic (exact) mass is 253 g/mol. The van der Waals surface area contributed by atoms with E-state index in [4.69, 9.17) is 5.73 Å². The van der Waals surface area contributed by atoms with Crippen LogP contribution in [0.25, 0.3) is 0 Å². The summed E-state index contributed by atoms with van der Waals surface area (Å²) in [5, 5.41) is 8.74. The third-order valence-corrected chi connectivity index (χ3v) is 2.69. The number of aromatic nitrogens is 2. The van der Waals surface area contributed by atoms with Crippen molar-refractivity contribution >= 4 is 17.5 Å². The van der Waals surface area contributed by atoms with Gasteiger partial charge in [-0.3, -0.25) is 14.7 Å². The van der Waals surface area contributed by atoms with E-state index < -0.39 is 11.9 Å². The average molecular weight is 253 g/mol. The molecule has 7 heteroatoms. The standard InChI is InChI=1S/C11H19N5O2/c1-4-16(5-2)11(18)7(3)14-10(17)9-8(12)6-13-15-9/h6-7H,4-5,12H2,1-3H3,(H,13,15)(H,14,17). The van der Waals surface area contributed by atoms with Crippen LogP contribution in [0.15, 0.2) is 6.20 Å². The lowest BCUT2D eigenvalue weighted by molar-refractivity contribution is -0.132. The first-order valence-electron chi connectivity index (χ1n) is 5.89. The Labute approximate surface area is 106 Å². The molecule has 0 bridgehead atoms. The van der Waals surface area contributed by atoms with Crippen molar-refractivity contribution < 1.29 is 9.59 Å². The zero-order chi connectivity index (χ0) is 13.7. The number of amides is 2. The van der Waals surface area contributed by atoms with Crippen LogP contribution in [0, 0.1) is 0 Å². The zero-order valence-electron chi connectivity index (χ0n) is 10.9. The van der Waals surface area contributed by atoms with Gasteiger partial charge >= 0.3 is 0 Å². The molecule has 1 aromatic heterocycles. The molecule has 0 aliphatic carbocycles. The highest BCUT2D eigenvalue weighted by molar-refractivity contribution is 5.99. The van der Waals surface area contributed by atoms with Gasteiger partial charge in [-0.1, -0.05) is 0 Å². The Kier molecular flexibility index (Phi) is 4.70. The third-order valence-electron chi connectivity index (χ3n) is 2.69. The van der Waals surface area contributed by atoms with Crippen LogP contribution in [-0.4, -0.2) is 46.0 Å². The zero-order valence-corrected chi connectivity index (χ0v) is 10.9. The van der Waals surface area contributed by atoms with Gasteiger partial charge in [-0.2, -0.15) is 5.10 Å². The molecule has 0 fully saturated rings. The summed E-state index contributed by atoms with van der Waals surface area (Å²) < 4.78 is 0. The number of rotatable bonds is 5. The quantitative estimate of drug-likeness (QED) is 0.685. The molecule has 0 saturated carbocycles. The van der Waals surface area contributed by atoms with Crippen molar-refractivity contribution in [2.75, 3.05) is 18.8 Å². The molecule has 2 amide bonds. The first-order valence-corrected chi connectivity index (χ1v) is 5.89. The maximum absolute atomic E-state index is 11.9. The van der Waals surface area contributed by atoms with Gasteiger partial charge in [-0.25, -0.2) is 0 Å². The highest BCUT2D eigenvalue weighted by Gasteiger charge is 2.22. The minimum absolute atomic E-state index is 0.119. The summed E-state index contributed by atoms with van der Waals surface area (Å²) in [6.45, 7) is 6.65. The van der Waals surface area contributed by atoms with Crippen molar-refractivity contribution in [3.8, 4) is 0 Å². The van der Waals surface area contributed by atoms with E-state index in [1.807, 2.05) is 13.8 Å². The van der Waals surface area contributed by atoms with Gasteiger partial charge in [0.05, 0.1) is 11.9 Å². The highest BCUT2D eigenvalue weighted by atomic mass is 16.2. The number of likely N-dealkylation sites (N-methyl/N-ethyl adjacent to an activating group) is 1. The lowest BCUT2D eigenvalue weighted by Crippen LogP contribution is -2.47. The van der Waals surface area contributed by atoms with Crippen LogP contribution in [-0.2, 0) is 4.79 Å². The van der Waals surface area contributed by atoms with E-state index >= 15 is 0 Å². The van der Waals surface area contributed by atoms with Crippen LogP contribution in [0.5, 0.6) is 0 Å². The van der Waals surface area contributed by atoms with Gasteiger partial charge in [0.2, 0.25) is 5.91 Å². The van der Waals surface area contributed by atoms with E-state index in [1.54, 1.807) is 11.8 Å². The largest absolute Gasteiger partial charge is 0.396 e. The number of H-pyrrole nitrogens is 1. The molecule has 1 unspecified atom stereocenters. The van der Waals surface area contributed by atoms with E-state index in [0.29, 0.717) is 13.1 Å². The van der Waals surface area contributed by atoms with Crippen molar-refractivity contribution in [2.45, 2.75) is 26.8 Å². The minimum atomic E-state index is -0.597. The van der Waals surface area contributed by atoms with E-state index in [0.717, 1.165) is 0 Å². The fourth-order valence-corrected chi connectivity index (χ4v) is 1.62. The molecule has 4 N–H and O–H groups in total. The molecule has 1 aromatic rings. The highest BCUT2D eigenvalue weighted by Crippen LogP contribution is 2.06. The Morgan fingerprint density at radius 2 is 2.11 bits per heavy atom. The molecular weight excluding hydrogens is 234 g/mol. The Morgan fingerprint density at radius 3 is 2.56 bits per heavy atom. The minimum Gasteiger partial charge on any atom is -0.396 e. The molecule has 0 saturated heterocycles. The second-order valence-electron chi connectivity index (χ2n) is 3.91. The van der Waals surface area contributed by atoms with Gasteiger partial charge < -0.3 is 16.0 Å². The fourth-order valence-electron chi connectivity index (χ4n) is 1.62. The molecular formula is C11H19N5O2. The second kappa shape index (κ2) is 6.04. The summed E-state index contributed by atoms with van der Waals surface area (Å²) in [6.07, 6.45) is 1.35. The van der Waals surface area contributed by atoms with Crippen LogP contribution in [0.4, 0.5) is 5.69 Å². The fraction of sp³-hybridized carbons (Fsp3) is 0.545. The lowest BCUT2D eigenvalue weighted by Gasteiger charge is -2.23. The SMILES string of the molecule is CCN(CC)C(=O)C(C)NC(=O)c1[nH]ncc1N. The molecule has 100 valence electrons. The summed E-state index contributed by atoms with van der Waals surface area (Å²) in [5.41, 5.74) is 5.99. The lowest BCUT2D eigenvalue weighted by atomic mass is 10.2. The maximum atomic E-state index is 11.9. The predicted molar refractivity (Wildman–Crippen MR) is 67.9 cm³/mol.